The zero-order valence-corrected chi connectivity index (χ0v) is 8.40. The van der Waals surface area contributed by atoms with Gasteiger partial charge >= 0.3 is 0 Å². The number of hydrogen-bond acceptors (Lipinski definition) is 3. The van der Waals surface area contributed by atoms with Gasteiger partial charge in [0.25, 0.3) is 0 Å². The molecular weight excluding hydrogens is 184 g/mol. The number of benzene rings is 1. The van der Waals surface area contributed by atoms with Crippen molar-refractivity contribution in [3.8, 4) is 5.75 Å². The van der Waals surface area contributed by atoms with Crippen molar-refractivity contribution >= 4 is 16.9 Å². The summed E-state index contributed by atoms with van der Waals surface area (Å²) in [6, 6.07) is 3.98. The van der Waals surface area contributed by atoms with Crippen LogP contribution in [0.2, 0.25) is 0 Å². The van der Waals surface area contributed by atoms with Gasteiger partial charge in [-0.1, -0.05) is 17.8 Å². The predicted octanol–water partition coefficient (Wildman–Crippen LogP) is 2.18. The summed E-state index contributed by atoms with van der Waals surface area (Å²) < 4.78 is 5.27. The lowest BCUT2D eigenvalue weighted by atomic mass is 10.1. The van der Waals surface area contributed by atoms with E-state index in [9.17, 15) is 4.79 Å². The zero-order valence-electron chi connectivity index (χ0n) is 7.59. The average molecular weight is 194 g/mol. The third kappa shape index (κ3) is 1.33. The molecule has 0 saturated carbocycles. The van der Waals surface area contributed by atoms with E-state index in [4.69, 9.17) is 4.74 Å². The molecule has 0 saturated heterocycles. The van der Waals surface area contributed by atoms with Crippen LogP contribution in [-0.2, 0) is 11.2 Å². The number of methoxy groups -OCH3 is 1. The highest BCUT2D eigenvalue weighted by Crippen LogP contribution is 2.39. The lowest BCUT2D eigenvalue weighted by Crippen LogP contribution is -1.94. The fraction of sp³-hybridized carbons (Fsp3) is 0.300. The standard InChI is InChI=1S/C10H10O2S/c1-6-3-4-8-7(10(6)12-2)5-9(11)13-8/h3-4H,5H2,1-2H3. The van der Waals surface area contributed by atoms with Crippen LogP contribution in [0, 0.1) is 6.92 Å². The normalized spacial score (nSPS) is 14.5. The van der Waals surface area contributed by atoms with Crippen molar-refractivity contribution < 1.29 is 9.53 Å². The maximum Gasteiger partial charge on any atom is 0.198 e. The molecule has 0 atom stereocenters. The van der Waals surface area contributed by atoms with Crippen LogP contribution in [0.15, 0.2) is 17.0 Å². The first kappa shape index (κ1) is 8.63. The molecule has 0 unspecified atom stereocenters. The van der Waals surface area contributed by atoms with Gasteiger partial charge in [-0.25, -0.2) is 0 Å². The Hall–Kier alpha value is -0.960. The number of rotatable bonds is 1. The minimum absolute atomic E-state index is 0.207. The van der Waals surface area contributed by atoms with Gasteiger partial charge in [0.2, 0.25) is 0 Å². The first-order valence-electron chi connectivity index (χ1n) is 4.09. The fourth-order valence-electron chi connectivity index (χ4n) is 1.58. The molecule has 1 aromatic rings. The molecule has 1 aliphatic heterocycles. The van der Waals surface area contributed by atoms with Crippen molar-refractivity contribution in [2.45, 2.75) is 18.2 Å². The highest BCUT2D eigenvalue weighted by Gasteiger charge is 2.23. The second-order valence-electron chi connectivity index (χ2n) is 3.04. The topological polar surface area (TPSA) is 26.3 Å². The lowest BCUT2D eigenvalue weighted by molar-refractivity contribution is -0.110. The van der Waals surface area contributed by atoms with Crippen molar-refractivity contribution in [2.24, 2.45) is 0 Å². The van der Waals surface area contributed by atoms with E-state index in [1.807, 2.05) is 19.1 Å². The predicted molar refractivity (Wildman–Crippen MR) is 52.3 cm³/mol. The molecule has 0 aromatic heterocycles. The van der Waals surface area contributed by atoms with Crippen LogP contribution in [0.4, 0.5) is 0 Å². The molecule has 3 heteroatoms. The summed E-state index contributed by atoms with van der Waals surface area (Å²) in [5.41, 5.74) is 2.15. The Kier molecular flexibility index (Phi) is 2.04. The van der Waals surface area contributed by atoms with Crippen LogP contribution in [0.3, 0.4) is 0 Å². The third-order valence-corrected chi connectivity index (χ3v) is 3.14. The Morgan fingerprint density at radius 1 is 1.46 bits per heavy atom. The molecule has 1 aromatic carbocycles. The van der Waals surface area contributed by atoms with Crippen molar-refractivity contribution in [2.75, 3.05) is 7.11 Å². The van der Waals surface area contributed by atoms with Crippen LogP contribution in [0.1, 0.15) is 11.1 Å². The summed E-state index contributed by atoms with van der Waals surface area (Å²) in [5, 5.41) is 0.207. The van der Waals surface area contributed by atoms with Crippen LogP contribution in [0.25, 0.3) is 0 Å². The van der Waals surface area contributed by atoms with Gasteiger partial charge in [0.1, 0.15) is 5.75 Å². The van der Waals surface area contributed by atoms with Gasteiger partial charge in [-0.3, -0.25) is 4.79 Å². The maximum absolute atomic E-state index is 11.2. The molecule has 2 nitrogen and oxygen atoms in total. The van der Waals surface area contributed by atoms with Gasteiger partial charge in [-0.15, -0.1) is 0 Å². The Balaban J connectivity index is 2.58. The molecule has 0 amide bonds. The van der Waals surface area contributed by atoms with Gasteiger partial charge < -0.3 is 4.74 Å². The first-order chi connectivity index (χ1) is 6.22. The second kappa shape index (κ2) is 3.07. The van der Waals surface area contributed by atoms with E-state index in [1.165, 1.54) is 11.8 Å². The molecule has 13 heavy (non-hydrogen) atoms. The van der Waals surface area contributed by atoms with E-state index < -0.39 is 0 Å². The molecule has 0 bridgehead atoms. The smallest absolute Gasteiger partial charge is 0.198 e. The summed E-state index contributed by atoms with van der Waals surface area (Å²) in [4.78, 5) is 12.2. The SMILES string of the molecule is COc1c(C)ccc2c1CC(=O)S2. The average Bonchev–Trinajstić information content (AvgIpc) is 2.45. The minimum Gasteiger partial charge on any atom is -0.496 e. The lowest BCUT2D eigenvalue weighted by Gasteiger charge is -2.08. The molecule has 2 rings (SSSR count). The molecule has 0 radical (unpaired) electrons. The number of ether oxygens (including phenoxy) is 1. The van der Waals surface area contributed by atoms with Gasteiger partial charge in [-0.05, 0) is 18.6 Å². The van der Waals surface area contributed by atoms with E-state index in [0.717, 1.165) is 21.8 Å². The van der Waals surface area contributed by atoms with E-state index in [2.05, 4.69) is 0 Å². The Morgan fingerprint density at radius 3 is 2.92 bits per heavy atom. The molecular formula is C10H10O2S. The molecule has 0 fully saturated rings. The zero-order chi connectivity index (χ0) is 9.42. The summed E-state index contributed by atoms with van der Waals surface area (Å²) in [5.74, 6) is 0.871. The fourth-order valence-corrected chi connectivity index (χ4v) is 2.46. The largest absolute Gasteiger partial charge is 0.496 e. The molecule has 0 aliphatic carbocycles. The number of carbonyl (C=O) groups is 1. The summed E-state index contributed by atoms with van der Waals surface area (Å²) in [6.45, 7) is 1.99. The van der Waals surface area contributed by atoms with Crippen LogP contribution >= 0.6 is 11.8 Å². The number of thioether (sulfide) groups is 1. The molecule has 1 aliphatic rings. The van der Waals surface area contributed by atoms with E-state index in [0.29, 0.717) is 6.42 Å². The van der Waals surface area contributed by atoms with E-state index in [1.54, 1.807) is 7.11 Å². The number of fused-ring (bicyclic) bond motifs is 1. The Morgan fingerprint density at radius 2 is 2.23 bits per heavy atom. The molecule has 68 valence electrons. The van der Waals surface area contributed by atoms with Crippen molar-refractivity contribution in [1.82, 2.24) is 0 Å². The minimum atomic E-state index is 0.207. The highest BCUT2D eigenvalue weighted by molar-refractivity contribution is 8.14. The van der Waals surface area contributed by atoms with Crippen molar-refractivity contribution in [3.63, 3.8) is 0 Å². The summed E-state index contributed by atoms with van der Waals surface area (Å²) in [6.07, 6.45) is 0.505. The molecule has 0 N–H and O–H groups in total. The van der Waals surface area contributed by atoms with E-state index in [-0.39, 0.29) is 5.12 Å². The summed E-state index contributed by atoms with van der Waals surface area (Å²) >= 11 is 1.31. The van der Waals surface area contributed by atoms with Gasteiger partial charge in [-0.2, -0.15) is 0 Å². The van der Waals surface area contributed by atoms with E-state index >= 15 is 0 Å². The third-order valence-electron chi connectivity index (χ3n) is 2.16. The van der Waals surface area contributed by atoms with Crippen LogP contribution in [-0.4, -0.2) is 12.2 Å². The number of hydrogen-bond donors (Lipinski definition) is 0. The van der Waals surface area contributed by atoms with Crippen molar-refractivity contribution in [1.29, 1.82) is 0 Å². The molecule has 1 heterocycles. The second-order valence-corrected chi connectivity index (χ2v) is 4.14. The molecule has 0 spiro atoms. The van der Waals surface area contributed by atoms with Gasteiger partial charge in [0, 0.05) is 16.9 Å². The quantitative estimate of drug-likeness (QED) is 0.685. The monoisotopic (exact) mass is 194 g/mol. The van der Waals surface area contributed by atoms with Crippen LogP contribution in [0.5, 0.6) is 5.75 Å². The van der Waals surface area contributed by atoms with Gasteiger partial charge in [0.15, 0.2) is 5.12 Å². The number of carbonyl (C=O) groups excluding carboxylic acids is 1. The maximum atomic E-state index is 11.2. The number of aryl methyl sites for hydroxylation is 1. The highest BCUT2D eigenvalue weighted by atomic mass is 32.2. The Labute approximate surface area is 81.3 Å². The van der Waals surface area contributed by atoms with Gasteiger partial charge in [0.05, 0.1) is 7.11 Å². The van der Waals surface area contributed by atoms with Crippen molar-refractivity contribution in [3.05, 3.63) is 23.3 Å². The first-order valence-corrected chi connectivity index (χ1v) is 4.91. The Bertz CT molecular complexity index is 371. The summed E-state index contributed by atoms with van der Waals surface area (Å²) in [7, 11) is 1.65. The van der Waals surface area contributed by atoms with Crippen LogP contribution < -0.4 is 4.74 Å².